The molecule has 4 aromatic rings. The number of anilines is 1. The van der Waals surface area contributed by atoms with Gasteiger partial charge in [0.1, 0.15) is 6.17 Å². The van der Waals surface area contributed by atoms with Crippen LogP contribution in [0.5, 0.6) is 0 Å². The lowest BCUT2D eigenvalue weighted by atomic mass is 9.89. The first-order chi connectivity index (χ1) is 16.1. The van der Waals surface area contributed by atoms with Gasteiger partial charge in [0.05, 0.1) is 16.9 Å². The fourth-order valence-corrected chi connectivity index (χ4v) is 4.61. The minimum absolute atomic E-state index is 0.196. The van der Waals surface area contributed by atoms with Gasteiger partial charge in [-0.25, -0.2) is 14.4 Å². The van der Waals surface area contributed by atoms with Crippen LogP contribution >= 0.6 is 11.6 Å². The van der Waals surface area contributed by atoms with Crippen LogP contribution < -0.4 is 10.6 Å². The van der Waals surface area contributed by atoms with Crippen molar-refractivity contribution in [3.8, 4) is 11.3 Å². The number of nitrogens with one attached hydrogen (secondary N) is 3. The van der Waals surface area contributed by atoms with E-state index >= 15 is 0 Å². The van der Waals surface area contributed by atoms with E-state index in [2.05, 4.69) is 25.6 Å². The largest absolute Gasteiger partial charge is 0.360 e. The van der Waals surface area contributed by atoms with Crippen molar-refractivity contribution in [1.82, 2.24) is 20.3 Å². The Hall–Kier alpha value is -3.45. The molecule has 5 rings (SSSR count). The summed E-state index contributed by atoms with van der Waals surface area (Å²) in [4.78, 5) is 24.7. The fraction of sp³-hybridized carbons (Fsp3) is 0.240. The highest BCUT2D eigenvalue weighted by Gasteiger charge is 2.30. The van der Waals surface area contributed by atoms with Gasteiger partial charge in [-0.1, -0.05) is 48.0 Å². The molecule has 1 saturated carbocycles. The van der Waals surface area contributed by atoms with Crippen LogP contribution in [0.3, 0.4) is 0 Å². The van der Waals surface area contributed by atoms with E-state index in [1.807, 2.05) is 36.5 Å². The Morgan fingerprint density at radius 2 is 1.79 bits per heavy atom. The number of aromatic amines is 1. The number of benzene rings is 2. The second kappa shape index (κ2) is 9.19. The van der Waals surface area contributed by atoms with Gasteiger partial charge < -0.3 is 15.6 Å². The van der Waals surface area contributed by atoms with Crippen molar-refractivity contribution in [2.75, 3.05) is 5.32 Å². The van der Waals surface area contributed by atoms with Gasteiger partial charge in [0.2, 0.25) is 5.95 Å². The number of fused-ring (bicyclic) bond motifs is 1. The maximum atomic E-state index is 14.5. The monoisotopic (exact) mass is 463 g/mol. The molecule has 3 atom stereocenters. The highest BCUT2D eigenvalue weighted by atomic mass is 35.5. The number of hydrogen-bond donors (Lipinski definition) is 3. The molecule has 2 aromatic carbocycles. The molecule has 0 spiro atoms. The number of amides is 1. The van der Waals surface area contributed by atoms with E-state index in [0.29, 0.717) is 41.5 Å². The standard InChI is InChI=1S/C25H23ClFN5O/c26-21-14-29-25(32-23(21)20-13-28-22-9-5-4-8-19(20)22)31-18-11-16(27)10-17(12-18)30-24(33)15-6-2-1-3-7-15/h1-9,13-14,16-18,28H,10-12H2,(H,30,33)(H,29,31,32). The lowest BCUT2D eigenvalue weighted by Crippen LogP contribution is -2.45. The lowest BCUT2D eigenvalue weighted by molar-refractivity contribution is 0.0909. The average Bonchev–Trinajstić information content (AvgIpc) is 3.24. The predicted octanol–water partition coefficient (Wildman–Crippen LogP) is 5.38. The van der Waals surface area contributed by atoms with Crippen LogP contribution in [0.4, 0.5) is 10.3 Å². The van der Waals surface area contributed by atoms with E-state index in [-0.39, 0.29) is 18.0 Å². The molecule has 2 heterocycles. The average molecular weight is 464 g/mol. The molecular weight excluding hydrogens is 441 g/mol. The van der Waals surface area contributed by atoms with Crippen molar-refractivity contribution in [3.05, 3.63) is 77.6 Å². The summed E-state index contributed by atoms with van der Waals surface area (Å²) in [5.41, 5.74) is 3.03. The van der Waals surface area contributed by atoms with Gasteiger partial charge in [-0.2, -0.15) is 0 Å². The third-order valence-corrected chi connectivity index (χ3v) is 6.22. The second-order valence-corrected chi connectivity index (χ2v) is 8.73. The molecule has 168 valence electrons. The molecule has 0 bridgehead atoms. The lowest BCUT2D eigenvalue weighted by Gasteiger charge is -2.32. The summed E-state index contributed by atoms with van der Waals surface area (Å²) in [6, 6.07) is 16.4. The highest BCUT2D eigenvalue weighted by molar-refractivity contribution is 6.33. The summed E-state index contributed by atoms with van der Waals surface area (Å²) in [5, 5.41) is 7.65. The van der Waals surface area contributed by atoms with E-state index in [9.17, 15) is 9.18 Å². The Balaban J connectivity index is 1.32. The molecule has 1 amide bonds. The molecule has 3 N–H and O–H groups in total. The Morgan fingerprint density at radius 3 is 2.64 bits per heavy atom. The molecule has 8 heteroatoms. The van der Waals surface area contributed by atoms with Crippen LogP contribution in [0.1, 0.15) is 29.6 Å². The van der Waals surface area contributed by atoms with Crippen molar-refractivity contribution in [3.63, 3.8) is 0 Å². The highest BCUT2D eigenvalue weighted by Crippen LogP contribution is 2.33. The van der Waals surface area contributed by atoms with E-state index in [1.165, 1.54) is 0 Å². The number of nitrogens with zero attached hydrogens (tertiary/aromatic N) is 2. The zero-order valence-electron chi connectivity index (χ0n) is 17.8. The van der Waals surface area contributed by atoms with Crippen molar-refractivity contribution in [1.29, 1.82) is 0 Å². The van der Waals surface area contributed by atoms with Gasteiger partial charge in [-0.15, -0.1) is 0 Å². The Bertz CT molecular complexity index is 1280. The SMILES string of the molecule is O=C(NC1CC(F)CC(Nc2ncc(Cl)c(-c3c[nH]c4ccccc34)n2)C1)c1ccccc1. The third-order valence-electron chi connectivity index (χ3n) is 5.94. The minimum atomic E-state index is -1.03. The van der Waals surface area contributed by atoms with Gasteiger partial charge in [0.15, 0.2) is 0 Å². The molecule has 1 fully saturated rings. The number of hydrogen-bond acceptors (Lipinski definition) is 4. The van der Waals surface area contributed by atoms with E-state index < -0.39 is 6.17 Å². The second-order valence-electron chi connectivity index (χ2n) is 8.32. The van der Waals surface area contributed by atoms with E-state index in [0.717, 1.165) is 16.5 Å². The first-order valence-corrected chi connectivity index (χ1v) is 11.3. The Labute approximate surface area is 195 Å². The maximum Gasteiger partial charge on any atom is 0.251 e. The molecule has 0 aliphatic heterocycles. The zero-order valence-corrected chi connectivity index (χ0v) is 18.5. The number of carbonyl (C=O) groups is 1. The molecule has 1 aliphatic rings. The number of alkyl halides is 1. The quantitative estimate of drug-likeness (QED) is 0.371. The Morgan fingerprint density at radius 1 is 1.03 bits per heavy atom. The molecule has 3 unspecified atom stereocenters. The maximum absolute atomic E-state index is 14.5. The number of H-pyrrole nitrogens is 1. The molecule has 6 nitrogen and oxygen atoms in total. The normalized spacial score (nSPS) is 20.5. The van der Waals surface area contributed by atoms with Gasteiger partial charge in [0, 0.05) is 40.3 Å². The van der Waals surface area contributed by atoms with E-state index in [4.69, 9.17) is 11.6 Å². The predicted molar refractivity (Wildman–Crippen MR) is 128 cm³/mol. The van der Waals surface area contributed by atoms with Crippen molar-refractivity contribution < 1.29 is 9.18 Å². The topological polar surface area (TPSA) is 82.7 Å². The molecule has 0 saturated heterocycles. The number of halogens is 2. The summed E-state index contributed by atoms with van der Waals surface area (Å²) < 4.78 is 14.5. The first kappa shape index (κ1) is 21.4. The molecular formula is C25H23ClFN5O. The fourth-order valence-electron chi connectivity index (χ4n) is 4.42. The van der Waals surface area contributed by atoms with Crippen LogP contribution in [-0.4, -0.2) is 39.1 Å². The minimum Gasteiger partial charge on any atom is -0.360 e. The molecule has 0 radical (unpaired) electrons. The first-order valence-electron chi connectivity index (χ1n) is 10.9. The molecule has 2 aromatic heterocycles. The van der Waals surface area contributed by atoms with Crippen molar-refractivity contribution in [2.24, 2.45) is 0 Å². The van der Waals surface area contributed by atoms with Crippen molar-refractivity contribution in [2.45, 2.75) is 37.5 Å². The Kier molecular flexibility index (Phi) is 5.96. The van der Waals surface area contributed by atoms with Gasteiger partial charge >= 0.3 is 0 Å². The summed E-state index contributed by atoms with van der Waals surface area (Å²) in [6.45, 7) is 0. The zero-order chi connectivity index (χ0) is 22.8. The summed E-state index contributed by atoms with van der Waals surface area (Å²) in [7, 11) is 0. The van der Waals surface area contributed by atoms with Crippen LogP contribution in [0.15, 0.2) is 67.0 Å². The number of para-hydroxylation sites is 1. The van der Waals surface area contributed by atoms with Crippen LogP contribution in [0, 0.1) is 0 Å². The molecule has 33 heavy (non-hydrogen) atoms. The van der Waals surface area contributed by atoms with E-state index in [1.54, 1.807) is 30.5 Å². The van der Waals surface area contributed by atoms with Gasteiger partial charge in [-0.3, -0.25) is 4.79 Å². The summed E-state index contributed by atoms with van der Waals surface area (Å²) in [5.74, 6) is 0.185. The van der Waals surface area contributed by atoms with Crippen molar-refractivity contribution >= 4 is 34.4 Å². The van der Waals surface area contributed by atoms with Crippen LogP contribution in [0.25, 0.3) is 22.2 Å². The van der Waals surface area contributed by atoms with Gasteiger partial charge in [0.25, 0.3) is 5.91 Å². The van der Waals surface area contributed by atoms with Crippen LogP contribution in [-0.2, 0) is 0 Å². The summed E-state index contributed by atoms with van der Waals surface area (Å²) in [6.07, 6.45) is 3.59. The van der Waals surface area contributed by atoms with Crippen LogP contribution in [0.2, 0.25) is 5.02 Å². The number of carbonyl (C=O) groups excluding carboxylic acids is 1. The van der Waals surface area contributed by atoms with Gasteiger partial charge in [-0.05, 0) is 37.5 Å². The number of rotatable bonds is 5. The number of aromatic nitrogens is 3. The third kappa shape index (κ3) is 4.68. The molecule has 1 aliphatic carbocycles. The smallest absolute Gasteiger partial charge is 0.251 e. The summed E-state index contributed by atoms with van der Waals surface area (Å²) >= 11 is 6.42.